The number of hydrogen-bond donors (Lipinski definition) is 2. The zero-order chi connectivity index (χ0) is 14.5. The van der Waals surface area contributed by atoms with Crippen molar-refractivity contribution in [2.75, 3.05) is 6.54 Å². The zero-order valence-electron chi connectivity index (χ0n) is 11.6. The van der Waals surface area contributed by atoms with E-state index in [2.05, 4.69) is 10.3 Å². The molecule has 0 saturated heterocycles. The Morgan fingerprint density at radius 3 is 2.47 bits per heavy atom. The van der Waals surface area contributed by atoms with Gasteiger partial charge in [0.25, 0.3) is 5.91 Å². The summed E-state index contributed by atoms with van der Waals surface area (Å²) in [6, 6.07) is 3.29. The quantitative estimate of drug-likeness (QED) is 0.823. The van der Waals surface area contributed by atoms with Crippen LogP contribution in [0.2, 0.25) is 0 Å². The Hall–Kier alpha value is -1.91. The van der Waals surface area contributed by atoms with E-state index in [9.17, 15) is 14.7 Å². The van der Waals surface area contributed by atoms with Gasteiger partial charge < -0.3 is 10.4 Å². The molecule has 0 fully saturated rings. The third kappa shape index (κ3) is 3.53. The van der Waals surface area contributed by atoms with Crippen LogP contribution in [0, 0.1) is 12.3 Å². The average molecular weight is 264 g/mol. The van der Waals surface area contributed by atoms with E-state index in [4.69, 9.17) is 0 Å². The largest absolute Gasteiger partial charge is 0.481 e. The molecule has 19 heavy (non-hydrogen) atoms. The number of carbonyl (C=O) groups is 2. The number of hydrogen-bond acceptors (Lipinski definition) is 3. The molecule has 0 bridgehead atoms. The minimum atomic E-state index is -0.891. The lowest BCUT2D eigenvalue weighted by Gasteiger charge is -2.26. The highest BCUT2D eigenvalue weighted by atomic mass is 16.4. The standard InChI is InChI=1S/C14H20N2O3/c1-4-14(5-2,13(18)19)9-16-12(17)11-6-7-15-10(3)8-11/h6-8H,4-5,9H2,1-3H3,(H,16,17)(H,18,19). The number of pyridine rings is 1. The Morgan fingerprint density at radius 1 is 1.37 bits per heavy atom. The van der Waals surface area contributed by atoms with Crippen LogP contribution in [0.15, 0.2) is 18.3 Å². The van der Waals surface area contributed by atoms with Crippen molar-refractivity contribution in [2.45, 2.75) is 33.6 Å². The van der Waals surface area contributed by atoms with Gasteiger partial charge in [-0.2, -0.15) is 0 Å². The maximum absolute atomic E-state index is 12.0. The fraction of sp³-hybridized carbons (Fsp3) is 0.500. The van der Waals surface area contributed by atoms with Crippen molar-refractivity contribution >= 4 is 11.9 Å². The predicted octanol–water partition coefficient (Wildman–Crippen LogP) is 2.01. The number of carboxylic acid groups (broad SMARTS) is 1. The summed E-state index contributed by atoms with van der Waals surface area (Å²) in [6.07, 6.45) is 2.53. The van der Waals surface area contributed by atoms with E-state index in [0.29, 0.717) is 18.4 Å². The molecule has 1 heterocycles. The van der Waals surface area contributed by atoms with Crippen LogP contribution in [0.5, 0.6) is 0 Å². The topological polar surface area (TPSA) is 79.3 Å². The molecule has 0 unspecified atom stereocenters. The van der Waals surface area contributed by atoms with Crippen molar-refractivity contribution in [3.63, 3.8) is 0 Å². The van der Waals surface area contributed by atoms with E-state index < -0.39 is 11.4 Å². The van der Waals surface area contributed by atoms with E-state index in [1.807, 2.05) is 13.8 Å². The van der Waals surface area contributed by atoms with Gasteiger partial charge in [0.05, 0.1) is 5.41 Å². The van der Waals surface area contributed by atoms with Gasteiger partial charge in [-0.3, -0.25) is 14.6 Å². The van der Waals surface area contributed by atoms with Gasteiger partial charge in [0.1, 0.15) is 0 Å². The van der Waals surface area contributed by atoms with E-state index >= 15 is 0 Å². The summed E-state index contributed by atoms with van der Waals surface area (Å²) in [5.41, 5.74) is 0.361. The van der Waals surface area contributed by atoms with E-state index in [1.54, 1.807) is 25.3 Å². The molecular weight excluding hydrogens is 244 g/mol. The van der Waals surface area contributed by atoms with Gasteiger partial charge in [0.15, 0.2) is 0 Å². The minimum Gasteiger partial charge on any atom is -0.481 e. The van der Waals surface area contributed by atoms with Crippen LogP contribution < -0.4 is 5.32 Å². The molecule has 0 atom stereocenters. The van der Waals surface area contributed by atoms with Crippen molar-refractivity contribution in [1.29, 1.82) is 0 Å². The van der Waals surface area contributed by atoms with E-state index in [-0.39, 0.29) is 12.5 Å². The summed E-state index contributed by atoms with van der Waals surface area (Å²) in [7, 11) is 0. The summed E-state index contributed by atoms with van der Waals surface area (Å²) >= 11 is 0. The van der Waals surface area contributed by atoms with Gasteiger partial charge in [0, 0.05) is 24.0 Å². The third-order valence-corrected chi connectivity index (χ3v) is 3.55. The Morgan fingerprint density at radius 2 is 2.00 bits per heavy atom. The Labute approximate surface area is 113 Å². The van der Waals surface area contributed by atoms with Crippen molar-refractivity contribution in [3.05, 3.63) is 29.6 Å². The summed E-state index contributed by atoms with van der Waals surface area (Å²) in [5, 5.41) is 12.0. The Bertz CT molecular complexity index is 468. The van der Waals surface area contributed by atoms with E-state index in [0.717, 1.165) is 5.69 Å². The van der Waals surface area contributed by atoms with Crippen LogP contribution in [0.3, 0.4) is 0 Å². The third-order valence-electron chi connectivity index (χ3n) is 3.55. The first-order valence-corrected chi connectivity index (χ1v) is 6.39. The molecule has 1 aromatic rings. The molecule has 5 nitrogen and oxygen atoms in total. The Kier molecular flexibility index (Phi) is 5.03. The second-order valence-electron chi connectivity index (χ2n) is 4.66. The number of rotatable bonds is 6. The van der Waals surface area contributed by atoms with Crippen LogP contribution in [0.4, 0.5) is 0 Å². The monoisotopic (exact) mass is 264 g/mol. The maximum atomic E-state index is 12.0. The number of carbonyl (C=O) groups excluding carboxylic acids is 1. The van der Waals surface area contributed by atoms with Crippen molar-refractivity contribution in [2.24, 2.45) is 5.41 Å². The summed E-state index contributed by atoms with van der Waals surface area (Å²) in [4.78, 5) is 27.3. The van der Waals surface area contributed by atoms with Crippen LogP contribution >= 0.6 is 0 Å². The first-order valence-electron chi connectivity index (χ1n) is 6.39. The maximum Gasteiger partial charge on any atom is 0.311 e. The van der Waals surface area contributed by atoms with Crippen LogP contribution in [-0.4, -0.2) is 28.5 Å². The number of aryl methyl sites for hydroxylation is 1. The fourth-order valence-corrected chi connectivity index (χ4v) is 1.92. The molecule has 2 N–H and O–H groups in total. The second kappa shape index (κ2) is 6.31. The highest BCUT2D eigenvalue weighted by Crippen LogP contribution is 2.25. The van der Waals surface area contributed by atoms with Gasteiger partial charge in [-0.1, -0.05) is 13.8 Å². The molecule has 0 saturated carbocycles. The van der Waals surface area contributed by atoms with Crippen molar-refractivity contribution in [3.8, 4) is 0 Å². The lowest BCUT2D eigenvalue weighted by Crippen LogP contribution is -2.42. The normalized spacial score (nSPS) is 11.1. The average Bonchev–Trinajstić information content (AvgIpc) is 2.40. The van der Waals surface area contributed by atoms with E-state index in [1.165, 1.54) is 0 Å². The van der Waals surface area contributed by atoms with Crippen LogP contribution in [-0.2, 0) is 4.79 Å². The highest BCUT2D eigenvalue weighted by molar-refractivity contribution is 5.94. The number of amides is 1. The SMILES string of the molecule is CCC(CC)(CNC(=O)c1ccnc(C)c1)C(=O)O. The fourth-order valence-electron chi connectivity index (χ4n) is 1.92. The summed E-state index contributed by atoms with van der Waals surface area (Å²) < 4.78 is 0. The molecule has 0 aromatic carbocycles. The van der Waals surface area contributed by atoms with Gasteiger partial charge in [-0.25, -0.2) is 0 Å². The first kappa shape index (κ1) is 15.1. The lowest BCUT2D eigenvalue weighted by atomic mass is 9.82. The lowest BCUT2D eigenvalue weighted by molar-refractivity contribution is -0.149. The molecular formula is C14H20N2O3. The molecule has 1 amide bonds. The number of aliphatic carboxylic acids is 1. The highest BCUT2D eigenvalue weighted by Gasteiger charge is 2.35. The van der Waals surface area contributed by atoms with Gasteiger partial charge >= 0.3 is 5.97 Å². The molecule has 1 aromatic heterocycles. The number of nitrogens with zero attached hydrogens (tertiary/aromatic N) is 1. The summed E-state index contributed by atoms with van der Waals surface area (Å²) in [5.74, 6) is -1.14. The van der Waals surface area contributed by atoms with Gasteiger partial charge in [0.2, 0.25) is 0 Å². The Balaban J connectivity index is 2.75. The zero-order valence-corrected chi connectivity index (χ0v) is 11.6. The predicted molar refractivity (Wildman–Crippen MR) is 72.0 cm³/mol. The van der Waals surface area contributed by atoms with Crippen LogP contribution in [0.25, 0.3) is 0 Å². The molecule has 0 aliphatic carbocycles. The molecule has 104 valence electrons. The summed E-state index contributed by atoms with van der Waals surface area (Å²) in [6.45, 7) is 5.58. The molecule has 0 aliphatic rings. The van der Waals surface area contributed by atoms with Gasteiger partial charge in [-0.05, 0) is 31.9 Å². The molecule has 5 heteroatoms. The van der Waals surface area contributed by atoms with Gasteiger partial charge in [-0.15, -0.1) is 0 Å². The molecule has 0 radical (unpaired) electrons. The smallest absolute Gasteiger partial charge is 0.311 e. The van der Waals surface area contributed by atoms with Crippen LogP contribution in [0.1, 0.15) is 42.7 Å². The number of nitrogens with one attached hydrogen (secondary N) is 1. The first-order chi connectivity index (χ1) is 8.95. The molecule has 0 spiro atoms. The van der Waals surface area contributed by atoms with Crippen molar-refractivity contribution < 1.29 is 14.7 Å². The number of aromatic nitrogens is 1. The van der Waals surface area contributed by atoms with Crippen molar-refractivity contribution in [1.82, 2.24) is 10.3 Å². The molecule has 0 aliphatic heterocycles. The minimum absolute atomic E-state index is 0.134. The number of carboxylic acids is 1. The second-order valence-corrected chi connectivity index (χ2v) is 4.66. The molecule has 1 rings (SSSR count).